The SMILES string of the molecule is CC(Oc1cccc(-n2ncc(Cl)c(Cl)c2=O)c1)C(F)(F)F. The van der Waals surface area contributed by atoms with Gasteiger partial charge in [0.15, 0.2) is 6.10 Å². The molecule has 0 aliphatic carbocycles. The number of hydrogen-bond donors (Lipinski definition) is 0. The van der Waals surface area contributed by atoms with Crippen LogP contribution in [-0.2, 0) is 0 Å². The van der Waals surface area contributed by atoms with Gasteiger partial charge in [0.25, 0.3) is 5.56 Å². The molecule has 1 heterocycles. The summed E-state index contributed by atoms with van der Waals surface area (Å²) in [7, 11) is 0. The van der Waals surface area contributed by atoms with E-state index in [1.165, 1.54) is 24.3 Å². The van der Waals surface area contributed by atoms with Gasteiger partial charge in [-0.1, -0.05) is 29.3 Å². The molecule has 9 heteroatoms. The average Bonchev–Trinajstić information content (AvgIpc) is 2.44. The van der Waals surface area contributed by atoms with Gasteiger partial charge in [-0.2, -0.15) is 23.0 Å². The average molecular weight is 353 g/mol. The van der Waals surface area contributed by atoms with Gasteiger partial charge in [0.2, 0.25) is 0 Å². The second-order valence-electron chi connectivity index (χ2n) is 4.32. The molecule has 0 bridgehead atoms. The predicted molar refractivity (Wildman–Crippen MR) is 76.0 cm³/mol. The van der Waals surface area contributed by atoms with Crippen molar-refractivity contribution in [3.8, 4) is 11.4 Å². The summed E-state index contributed by atoms with van der Waals surface area (Å²) in [5, 5.41) is 3.55. The molecule has 4 nitrogen and oxygen atoms in total. The van der Waals surface area contributed by atoms with E-state index in [0.717, 1.165) is 17.8 Å². The van der Waals surface area contributed by atoms with Crippen LogP contribution in [0.15, 0.2) is 35.3 Å². The highest BCUT2D eigenvalue weighted by molar-refractivity contribution is 6.41. The maximum atomic E-state index is 12.5. The van der Waals surface area contributed by atoms with E-state index >= 15 is 0 Å². The predicted octanol–water partition coefficient (Wildman–Crippen LogP) is 3.87. The van der Waals surface area contributed by atoms with Crippen LogP contribution in [0.25, 0.3) is 5.69 Å². The second-order valence-corrected chi connectivity index (χ2v) is 5.11. The van der Waals surface area contributed by atoms with E-state index in [-0.39, 0.29) is 21.5 Å². The number of rotatable bonds is 3. The summed E-state index contributed by atoms with van der Waals surface area (Å²) in [5.41, 5.74) is -0.481. The van der Waals surface area contributed by atoms with Crippen molar-refractivity contribution in [2.75, 3.05) is 0 Å². The quantitative estimate of drug-likeness (QED) is 0.842. The van der Waals surface area contributed by atoms with Crippen LogP contribution in [0.1, 0.15) is 6.92 Å². The zero-order valence-corrected chi connectivity index (χ0v) is 12.6. The largest absolute Gasteiger partial charge is 0.481 e. The molecular formula is C13H9Cl2F3N2O2. The van der Waals surface area contributed by atoms with Gasteiger partial charge in [-0.15, -0.1) is 0 Å². The fraction of sp³-hybridized carbons (Fsp3) is 0.231. The third kappa shape index (κ3) is 3.53. The number of hydrogen-bond acceptors (Lipinski definition) is 3. The zero-order valence-electron chi connectivity index (χ0n) is 11.1. The minimum Gasteiger partial charge on any atom is -0.481 e. The lowest BCUT2D eigenvalue weighted by Crippen LogP contribution is -2.31. The summed E-state index contributed by atoms with van der Waals surface area (Å²) in [4.78, 5) is 11.9. The van der Waals surface area contributed by atoms with Gasteiger partial charge in [-0.05, 0) is 19.1 Å². The summed E-state index contributed by atoms with van der Waals surface area (Å²) in [5.74, 6) is -0.0536. The molecule has 0 N–H and O–H groups in total. The zero-order chi connectivity index (χ0) is 16.5. The molecule has 1 atom stereocenters. The first-order chi connectivity index (χ1) is 10.2. The van der Waals surface area contributed by atoms with Crippen LogP contribution in [0, 0.1) is 0 Å². The third-order valence-electron chi connectivity index (χ3n) is 2.71. The molecule has 1 aromatic carbocycles. The van der Waals surface area contributed by atoms with Gasteiger partial charge in [0, 0.05) is 6.07 Å². The van der Waals surface area contributed by atoms with Crippen LogP contribution in [0.3, 0.4) is 0 Å². The van der Waals surface area contributed by atoms with E-state index in [1.807, 2.05) is 0 Å². The Kier molecular flexibility index (Phi) is 4.67. The van der Waals surface area contributed by atoms with Crippen molar-refractivity contribution in [1.82, 2.24) is 9.78 Å². The summed E-state index contributed by atoms with van der Waals surface area (Å²) >= 11 is 11.4. The van der Waals surface area contributed by atoms with Gasteiger partial charge in [0.1, 0.15) is 10.8 Å². The molecule has 0 aliphatic rings. The maximum absolute atomic E-state index is 12.5. The molecule has 0 radical (unpaired) electrons. The standard InChI is InChI=1S/C13H9Cl2F3N2O2/c1-7(13(16,17)18)22-9-4-2-3-8(5-9)20-12(21)11(15)10(14)6-19-20/h2-7H,1H3. The van der Waals surface area contributed by atoms with E-state index in [0.29, 0.717) is 0 Å². The van der Waals surface area contributed by atoms with Crippen LogP contribution in [0.4, 0.5) is 13.2 Å². The van der Waals surface area contributed by atoms with E-state index < -0.39 is 17.8 Å². The number of ether oxygens (including phenoxy) is 1. The topological polar surface area (TPSA) is 44.1 Å². The molecular weight excluding hydrogens is 344 g/mol. The van der Waals surface area contributed by atoms with Gasteiger partial charge in [-0.25, -0.2) is 0 Å². The number of halogens is 5. The molecule has 22 heavy (non-hydrogen) atoms. The van der Waals surface area contributed by atoms with E-state index in [2.05, 4.69) is 5.10 Å². The summed E-state index contributed by atoms with van der Waals surface area (Å²) in [6, 6.07) is 5.50. The van der Waals surface area contributed by atoms with Gasteiger partial charge in [-0.3, -0.25) is 4.79 Å². The Bertz CT molecular complexity index is 747. The number of aromatic nitrogens is 2. The lowest BCUT2D eigenvalue weighted by molar-refractivity contribution is -0.189. The molecule has 0 aliphatic heterocycles. The number of alkyl halides is 3. The third-order valence-corrected chi connectivity index (χ3v) is 3.46. The van der Waals surface area contributed by atoms with Crippen LogP contribution >= 0.6 is 23.2 Å². The molecule has 1 aromatic heterocycles. The van der Waals surface area contributed by atoms with Gasteiger partial charge >= 0.3 is 6.18 Å². The molecule has 2 rings (SSSR count). The van der Waals surface area contributed by atoms with Crippen LogP contribution < -0.4 is 10.3 Å². The highest BCUT2D eigenvalue weighted by atomic mass is 35.5. The molecule has 2 aromatic rings. The highest BCUT2D eigenvalue weighted by Gasteiger charge is 2.38. The summed E-state index contributed by atoms with van der Waals surface area (Å²) in [6.45, 7) is 0.885. The molecule has 0 saturated heterocycles. The molecule has 0 saturated carbocycles. The Morgan fingerprint density at radius 2 is 2.00 bits per heavy atom. The van der Waals surface area contributed by atoms with Crippen molar-refractivity contribution in [2.24, 2.45) is 0 Å². The fourth-order valence-electron chi connectivity index (χ4n) is 1.56. The monoisotopic (exact) mass is 352 g/mol. The molecule has 0 spiro atoms. The lowest BCUT2D eigenvalue weighted by Gasteiger charge is -2.18. The lowest BCUT2D eigenvalue weighted by atomic mass is 10.3. The minimum atomic E-state index is -4.49. The number of benzene rings is 1. The first kappa shape index (κ1) is 16.6. The van der Waals surface area contributed by atoms with Crippen LogP contribution in [0.2, 0.25) is 10.0 Å². The Balaban J connectivity index is 2.38. The van der Waals surface area contributed by atoms with Crippen LogP contribution in [0.5, 0.6) is 5.75 Å². The summed E-state index contributed by atoms with van der Waals surface area (Å²) in [6.07, 6.45) is -5.31. The Labute approximate surface area is 133 Å². The van der Waals surface area contributed by atoms with Crippen molar-refractivity contribution in [3.05, 3.63) is 50.9 Å². The van der Waals surface area contributed by atoms with Crippen molar-refractivity contribution in [3.63, 3.8) is 0 Å². The normalized spacial score (nSPS) is 13.0. The highest BCUT2D eigenvalue weighted by Crippen LogP contribution is 2.26. The van der Waals surface area contributed by atoms with Crippen molar-refractivity contribution in [2.45, 2.75) is 19.2 Å². The van der Waals surface area contributed by atoms with E-state index in [4.69, 9.17) is 27.9 Å². The van der Waals surface area contributed by atoms with Crippen molar-refractivity contribution < 1.29 is 17.9 Å². The Morgan fingerprint density at radius 1 is 1.32 bits per heavy atom. The minimum absolute atomic E-state index is 0.0129. The first-order valence-corrected chi connectivity index (χ1v) is 6.73. The first-order valence-electron chi connectivity index (χ1n) is 5.97. The van der Waals surface area contributed by atoms with E-state index in [1.54, 1.807) is 0 Å². The molecule has 1 unspecified atom stereocenters. The van der Waals surface area contributed by atoms with Gasteiger partial charge < -0.3 is 4.74 Å². The van der Waals surface area contributed by atoms with E-state index in [9.17, 15) is 18.0 Å². The summed E-state index contributed by atoms with van der Waals surface area (Å²) < 4.78 is 43.2. The molecule has 0 fully saturated rings. The van der Waals surface area contributed by atoms with Gasteiger partial charge in [0.05, 0.1) is 16.9 Å². The Morgan fingerprint density at radius 3 is 2.64 bits per heavy atom. The Hall–Kier alpha value is -1.73. The maximum Gasteiger partial charge on any atom is 0.425 e. The van der Waals surface area contributed by atoms with Crippen molar-refractivity contribution >= 4 is 23.2 Å². The number of nitrogens with zero attached hydrogens (tertiary/aromatic N) is 2. The van der Waals surface area contributed by atoms with Crippen molar-refractivity contribution in [1.29, 1.82) is 0 Å². The molecule has 0 amide bonds. The smallest absolute Gasteiger partial charge is 0.425 e. The second kappa shape index (κ2) is 6.18. The van der Waals surface area contributed by atoms with Crippen LogP contribution in [-0.4, -0.2) is 22.1 Å². The molecule has 118 valence electrons. The fourth-order valence-corrected chi connectivity index (χ4v) is 1.81.